The SMILES string of the molecule is COC(=O)[C@@]1(C)C2=NNC(c3cccc([N+](=O)[O-])c3)C2C[C@]2(C)[C@H]3CC[C@@H]4[C@@H]5[C@@H](C)[C@H](C)CC[C@]5(C)CC[C@@]4(C)[C@]3(C)CC[C@@H]12. The summed E-state index contributed by atoms with van der Waals surface area (Å²) in [5, 5.41) is 16.6. The van der Waals surface area contributed by atoms with Crippen LogP contribution >= 0.6 is 0 Å². The van der Waals surface area contributed by atoms with Gasteiger partial charge in [0.25, 0.3) is 5.69 Å². The lowest BCUT2D eigenvalue weighted by molar-refractivity contribution is -0.384. The van der Waals surface area contributed by atoms with Crippen molar-refractivity contribution in [3.8, 4) is 0 Å². The van der Waals surface area contributed by atoms with E-state index in [1.807, 2.05) is 6.07 Å². The van der Waals surface area contributed by atoms with E-state index in [2.05, 4.69) is 53.9 Å². The Bertz CT molecular complexity index is 1440. The molecule has 1 aromatic rings. The van der Waals surface area contributed by atoms with Gasteiger partial charge in [-0.2, -0.15) is 5.10 Å². The lowest BCUT2D eigenvalue weighted by Gasteiger charge is -2.73. The van der Waals surface area contributed by atoms with E-state index in [1.165, 1.54) is 45.6 Å². The van der Waals surface area contributed by atoms with Crippen molar-refractivity contribution in [2.75, 3.05) is 7.11 Å². The highest BCUT2D eigenvalue weighted by Crippen LogP contribution is 2.77. The number of nitrogens with zero attached hydrogens (tertiary/aromatic N) is 2. The third-order valence-corrected chi connectivity index (χ3v) is 16.3. The van der Waals surface area contributed by atoms with Crippen molar-refractivity contribution < 1.29 is 14.5 Å². The van der Waals surface area contributed by atoms with Crippen LogP contribution in [0.4, 0.5) is 5.69 Å². The molecule has 5 aliphatic carbocycles. The second-order valence-electron chi connectivity index (χ2n) is 17.7. The van der Waals surface area contributed by atoms with Crippen LogP contribution in [0.3, 0.4) is 0 Å². The van der Waals surface area contributed by atoms with Gasteiger partial charge in [0.2, 0.25) is 0 Å². The molecule has 0 bridgehead atoms. The second-order valence-corrected chi connectivity index (χ2v) is 17.7. The van der Waals surface area contributed by atoms with Crippen LogP contribution in [0.5, 0.6) is 0 Å². The first-order chi connectivity index (χ1) is 21.2. The van der Waals surface area contributed by atoms with Crippen molar-refractivity contribution in [3.05, 3.63) is 39.9 Å². The van der Waals surface area contributed by atoms with Crippen LogP contribution in [0.15, 0.2) is 29.4 Å². The molecule has 5 saturated carbocycles. The molecular weight excluding hydrogens is 562 g/mol. The van der Waals surface area contributed by atoms with Crippen LogP contribution < -0.4 is 5.43 Å². The maximum atomic E-state index is 14.0. The fraction of sp³-hybridized carbons (Fsp3) is 0.789. The van der Waals surface area contributed by atoms with Crippen molar-refractivity contribution in [1.82, 2.24) is 5.43 Å². The minimum absolute atomic E-state index is 0.0286. The Hall–Kier alpha value is -2.44. The molecule has 5 fully saturated rings. The van der Waals surface area contributed by atoms with Gasteiger partial charge in [-0.25, -0.2) is 0 Å². The zero-order chi connectivity index (χ0) is 32.3. The smallest absolute Gasteiger partial charge is 0.317 e. The Morgan fingerprint density at radius 3 is 2.44 bits per heavy atom. The minimum atomic E-state index is -0.841. The summed E-state index contributed by atoms with van der Waals surface area (Å²) in [5.41, 5.74) is 5.19. The van der Waals surface area contributed by atoms with Crippen LogP contribution in [-0.4, -0.2) is 23.7 Å². The lowest BCUT2D eigenvalue weighted by Crippen LogP contribution is -2.69. The van der Waals surface area contributed by atoms with Gasteiger partial charge in [0.05, 0.1) is 23.8 Å². The van der Waals surface area contributed by atoms with Crippen molar-refractivity contribution >= 4 is 17.4 Å². The lowest BCUT2D eigenvalue weighted by atomic mass is 9.30. The fourth-order valence-electron chi connectivity index (χ4n) is 13.7. The number of nitrogens with one attached hydrogen (secondary N) is 1. The van der Waals surface area contributed by atoms with Gasteiger partial charge in [-0.3, -0.25) is 14.9 Å². The monoisotopic (exact) mass is 617 g/mol. The molecule has 1 aromatic carbocycles. The van der Waals surface area contributed by atoms with E-state index in [9.17, 15) is 14.9 Å². The van der Waals surface area contributed by atoms with Gasteiger partial charge in [-0.05, 0) is 127 Å². The third kappa shape index (κ3) is 3.94. The van der Waals surface area contributed by atoms with Crippen molar-refractivity contribution in [1.29, 1.82) is 0 Å². The molecule has 246 valence electrons. The van der Waals surface area contributed by atoms with E-state index in [0.29, 0.717) is 11.3 Å². The fourth-order valence-corrected chi connectivity index (χ4v) is 13.7. The molecule has 6 aliphatic rings. The largest absolute Gasteiger partial charge is 0.468 e. The summed E-state index contributed by atoms with van der Waals surface area (Å²) < 4.78 is 5.61. The molecule has 1 N–H and O–H groups in total. The van der Waals surface area contributed by atoms with Crippen LogP contribution in [0.25, 0.3) is 0 Å². The molecule has 7 rings (SSSR count). The second kappa shape index (κ2) is 10.0. The molecule has 0 spiro atoms. The molecule has 0 saturated heterocycles. The van der Waals surface area contributed by atoms with E-state index >= 15 is 0 Å². The maximum absolute atomic E-state index is 14.0. The molecule has 45 heavy (non-hydrogen) atoms. The van der Waals surface area contributed by atoms with Gasteiger partial charge in [-0.15, -0.1) is 0 Å². The summed E-state index contributed by atoms with van der Waals surface area (Å²) in [4.78, 5) is 25.4. The molecule has 0 amide bonds. The Balaban J connectivity index is 1.30. The number of hydrogen-bond acceptors (Lipinski definition) is 6. The van der Waals surface area contributed by atoms with Gasteiger partial charge in [0, 0.05) is 18.1 Å². The predicted molar refractivity (Wildman–Crippen MR) is 176 cm³/mol. The zero-order valence-electron chi connectivity index (χ0n) is 28.8. The Morgan fingerprint density at radius 1 is 0.978 bits per heavy atom. The van der Waals surface area contributed by atoms with Crippen molar-refractivity contribution in [2.24, 2.45) is 73.6 Å². The first-order valence-electron chi connectivity index (χ1n) is 17.8. The Kier molecular flexibility index (Phi) is 6.95. The Labute approximate surface area is 269 Å². The number of carbonyl (C=O) groups is 1. The number of methoxy groups -OCH3 is 1. The van der Waals surface area contributed by atoms with Crippen molar-refractivity contribution in [2.45, 2.75) is 112 Å². The van der Waals surface area contributed by atoms with Gasteiger partial charge in [0.15, 0.2) is 0 Å². The summed E-state index contributed by atoms with van der Waals surface area (Å²) in [5.74, 6) is 3.49. The van der Waals surface area contributed by atoms with Gasteiger partial charge in [0.1, 0.15) is 5.41 Å². The number of nitro groups is 1. The molecular formula is C38H55N3O4. The number of non-ortho nitro benzene ring substituents is 1. The minimum Gasteiger partial charge on any atom is -0.468 e. The summed E-state index contributed by atoms with van der Waals surface area (Å²) in [6, 6.07) is 6.76. The van der Waals surface area contributed by atoms with E-state index in [-0.39, 0.29) is 50.7 Å². The molecule has 7 heteroatoms. The van der Waals surface area contributed by atoms with Crippen molar-refractivity contribution in [3.63, 3.8) is 0 Å². The summed E-state index contributed by atoms with van der Waals surface area (Å²) in [6.07, 6.45) is 11.0. The number of ether oxygens (including phenoxy) is 1. The topological polar surface area (TPSA) is 93.8 Å². The van der Waals surface area contributed by atoms with Crippen LogP contribution in [0.1, 0.15) is 118 Å². The van der Waals surface area contributed by atoms with E-state index in [0.717, 1.165) is 54.2 Å². The molecule has 1 aliphatic heterocycles. The molecule has 13 atom stereocenters. The summed E-state index contributed by atoms with van der Waals surface area (Å²) in [6.45, 7) is 17.6. The average molecular weight is 618 g/mol. The first-order valence-corrected chi connectivity index (χ1v) is 17.8. The quantitative estimate of drug-likeness (QED) is 0.208. The number of esters is 1. The number of rotatable bonds is 3. The molecule has 0 radical (unpaired) electrons. The zero-order valence-corrected chi connectivity index (χ0v) is 28.8. The van der Waals surface area contributed by atoms with Gasteiger partial charge >= 0.3 is 5.97 Å². The molecule has 2 unspecified atom stereocenters. The standard InChI is InChI=1S/C38H55N3O4/c1-22-14-16-34(3)18-19-36(5)27(30(34)23(22)2)12-13-28-35(4)21-26-31(24-10-9-11-25(20-24)41(43)44)39-40-32(26)38(7,33(42)45-8)29(35)15-17-37(28,36)6/h9-11,20,22-23,26-31,39H,12-19,21H2,1-8H3/t22-,23+,26?,27-,28-,29-,30+,31?,34-,35-,36-,37-,38-/m1/s1. The van der Waals surface area contributed by atoms with Crippen LogP contribution in [0.2, 0.25) is 0 Å². The highest BCUT2D eigenvalue weighted by atomic mass is 16.6. The molecule has 1 heterocycles. The number of fused-ring (bicyclic) bond motifs is 8. The molecule has 0 aromatic heterocycles. The number of nitro benzene ring substituents is 1. The van der Waals surface area contributed by atoms with E-state index < -0.39 is 5.41 Å². The highest BCUT2D eigenvalue weighted by molar-refractivity contribution is 6.09. The normalized spacial score (nSPS) is 50.0. The molecule has 7 nitrogen and oxygen atoms in total. The van der Waals surface area contributed by atoms with E-state index in [4.69, 9.17) is 9.84 Å². The first kappa shape index (κ1) is 31.2. The van der Waals surface area contributed by atoms with Gasteiger partial charge < -0.3 is 10.2 Å². The third-order valence-electron chi connectivity index (χ3n) is 16.3. The predicted octanol–water partition coefficient (Wildman–Crippen LogP) is 8.73. The number of carbonyl (C=O) groups excluding carboxylic acids is 1. The van der Waals surface area contributed by atoms with Crippen LogP contribution in [0, 0.1) is 78.6 Å². The van der Waals surface area contributed by atoms with Gasteiger partial charge in [-0.1, -0.05) is 53.7 Å². The highest BCUT2D eigenvalue weighted by Gasteiger charge is 2.73. The Morgan fingerprint density at radius 2 is 1.73 bits per heavy atom. The average Bonchev–Trinajstić information content (AvgIpc) is 3.43. The maximum Gasteiger partial charge on any atom is 0.317 e. The summed E-state index contributed by atoms with van der Waals surface area (Å²) in [7, 11) is 1.51. The summed E-state index contributed by atoms with van der Waals surface area (Å²) >= 11 is 0. The van der Waals surface area contributed by atoms with Crippen LogP contribution in [-0.2, 0) is 9.53 Å². The number of benzene rings is 1. The van der Waals surface area contributed by atoms with E-state index in [1.54, 1.807) is 18.2 Å². The number of hydrogen-bond donors (Lipinski definition) is 1. The number of hydrazone groups is 1.